The third kappa shape index (κ3) is 4.48. The second kappa shape index (κ2) is 9.75. The van der Waals surface area contributed by atoms with E-state index in [-0.39, 0.29) is 36.0 Å². The molecule has 32 heavy (non-hydrogen) atoms. The van der Waals surface area contributed by atoms with Gasteiger partial charge in [-0.25, -0.2) is 8.78 Å². The Morgan fingerprint density at radius 3 is 2.50 bits per heavy atom. The third-order valence-electron chi connectivity index (χ3n) is 7.07. The fourth-order valence-corrected chi connectivity index (χ4v) is 5.56. The maximum absolute atomic E-state index is 14.1. The number of carbonyl (C=O) groups excluding carboxylic acids is 1. The van der Waals surface area contributed by atoms with E-state index in [2.05, 4.69) is 9.80 Å². The van der Waals surface area contributed by atoms with Gasteiger partial charge in [0.05, 0.1) is 0 Å². The first kappa shape index (κ1) is 23.0. The molecule has 0 radical (unpaired) electrons. The fraction of sp³-hybridized carbons (Fsp3) is 0.480. The summed E-state index contributed by atoms with van der Waals surface area (Å²) >= 11 is 0. The lowest BCUT2D eigenvalue weighted by Gasteiger charge is -2.39. The summed E-state index contributed by atoms with van der Waals surface area (Å²) < 4.78 is 27.6. The first-order valence-electron chi connectivity index (χ1n) is 11.4. The van der Waals surface area contributed by atoms with Crippen molar-refractivity contribution in [2.45, 2.75) is 44.1 Å². The van der Waals surface area contributed by atoms with Crippen LogP contribution >= 0.6 is 12.4 Å². The van der Waals surface area contributed by atoms with Gasteiger partial charge < -0.3 is 14.7 Å². The monoisotopic (exact) mass is 461 g/mol. The first-order valence-corrected chi connectivity index (χ1v) is 11.4. The van der Waals surface area contributed by atoms with Crippen LogP contribution in [0.1, 0.15) is 43.6 Å². The lowest BCUT2D eigenvalue weighted by atomic mass is 9.89. The standard InChI is InChI=1S/C25H29F2N3O.ClH/c26-18-5-8-20(9-6-18)30-23-10-7-19(27)16-21(23)22-17-28(15-11-24(22)30)12-3-14-29-13-2-1-4-25(29)31;/h5-10,16,22,24H,1-4,11-15,17H2;1H/t22-,24+;/m0./s1. The molecule has 5 rings (SSSR count). The smallest absolute Gasteiger partial charge is 0.222 e. The highest BCUT2D eigenvalue weighted by atomic mass is 35.5. The van der Waals surface area contributed by atoms with E-state index in [9.17, 15) is 13.6 Å². The largest absolute Gasteiger partial charge is 0.343 e. The Morgan fingerprint density at radius 2 is 1.72 bits per heavy atom. The van der Waals surface area contributed by atoms with Crippen molar-refractivity contribution in [2.75, 3.05) is 37.6 Å². The van der Waals surface area contributed by atoms with Crippen LogP contribution in [0.4, 0.5) is 20.2 Å². The van der Waals surface area contributed by atoms with Crippen molar-refractivity contribution in [1.82, 2.24) is 9.80 Å². The molecule has 0 N–H and O–H groups in total. The number of carbonyl (C=O) groups is 1. The first-order chi connectivity index (χ1) is 15.1. The zero-order valence-electron chi connectivity index (χ0n) is 18.2. The Balaban J connectivity index is 0.00000245. The van der Waals surface area contributed by atoms with Gasteiger partial charge >= 0.3 is 0 Å². The van der Waals surface area contributed by atoms with Crippen LogP contribution in [0.25, 0.3) is 0 Å². The summed E-state index contributed by atoms with van der Waals surface area (Å²) in [7, 11) is 0. The predicted molar refractivity (Wildman–Crippen MR) is 125 cm³/mol. The van der Waals surface area contributed by atoms with Crippen LogP contribution in [-0.2, 0) is 4.79 Å². The van der Waals surface area contributed by atoms with Crippen molar-refractivity contribution in [3.8, 4) is 0 Å². The molecule has 4 nitrogen and oxygen atoms in total. The van der Waals surface area contributed by atoms with Gasteiger partial charge in [0.1, 0.15) is 11.6 Å². The lowest BCUT2D eigenvalue weighted by Crippen LogP contribution is -2.45. The topological polar surface area (TPSA) is 26.8 Å². The average molecular weight is 462 g/mol. The van der Waals surface area contributed by atoms with Gasteiger partial charge in [0.25, 0.3) is 0 Å². The summed E-state index contributed by atoms with van der Waals surface area (Å²) in [6.45, 7) is 4.53. The molecule has 2 atom stereocenters. The lowest BCUT2D eigenvalue weighted by molar-refractivity contribution is -0.133. The summed E-state index contributed by atoms with van der Waals surface area (Å²) in [5.41, 5.74) is 3.04. The number of nitrogens with zero attached hydrogens (tertiary/aromatic N) is 3. The molecule has 0 bridgehead atoms. The van der Waals surface area contributed by atoms with Crippen LogP contribution in [0.15, 0.2) is 42.5 Å². The number of amides is 1. The Hall–Kier alpha value is -2.18. The summed E-state index contributed by atoms with van der Waals surface area (Å²) in [5.74, 6) is 0.0567. The number of piperidine rings is 2. The van der Waals surface area contributed by atoms with E-state index in [4.69, 9.17) is 0 Å². The van der Waals surface area contributed by atoms with Gasteiger partial charge in [-0.15, -0.1) is 12.4 Å². The van der Waals surface area contributed by atoms with E-state index >= 15 is 0 Å². The normalized spacial score (nSPS) is 23.0. The Bertz CT molecular complexity index is 955. The molecule has 0 spiro atoms. The number of rotatable bonds is 5. The molecule has 172 valence electrons. The number of likely N-dealkylation sites (tertiary alicyclic amines) is 2. The van der Waals surface area contributed by atoms with Crippen LogP contribution in [0.2, 0.25) is 0 Å². The van der Waals surface area contributed by atoms with Crippen LogP contribution < -0.4 is 4.90 Å². The van der Waals surface area contributed by atoms with Crippen molar-refractivity contribution in [3.05, 3.63) is 59.7 Å². The third-order valence-corrected chi connectivity index (χ3v) is 7.07. The van der Waals surface area contributed by atoms with Crippen LogP contribution in [0.5, 0.6) is 0 Å². The van der Waals surface area contributed by atoms with Crippen LogP contribution in [0, 0.1) is 11.6 Å². The molecule has 0 unspecified atom stereocenters. The molecule has 2 aromatic carbocycles. The number of hydrogen-bond donors (Lipinski definition) is 0. The highest BCUT2D eigenvalue weighted by molar-refractivity contribution is 5.85. The van der Waals surface area contributed by atoms with E-state index in [0.717, 1.165) is 75.3 Å². The van der Waals surface area contributed by atoms with Crippen LogP contribution in [-0.4, -0.2) is 54.5 Å². The van der Waals surface area contributed by atoms with E-state index < -0.39 is 0 Å². The summed E-state index contributed by atoms with van der Waals surface area (Å²) in [6, 6.07) is 11.9. The molecule has 7 heteroatoms. The molecule has 0 saturated carbocycles. The molecule has 0 aromatic heterocycles. The van der Waals surface area contributed by atoms with E-state index in [0.29, 0.717) is 12.3 Å². The van der Waals surface area contributed by atoms with Gasteiger partial charge in [-0.1, -0.05) is 0 Å². The molecule has 0 aliphatic carbocycles. The highest BCUT2D eigenvalue weighted by Crippen LogP contribution is 2.48. The van der Waals surface area contributed by atoms with Gasteiger partial charge in [0.2, 0.25) is 5.91 Å². The molecule has 3 aliphatic heterocycles. The maximum atomic E-state index is 14.1. The number of benzene rings is 2. The number of halogens is 3. The van der Waals surface area contributed by atoms with Crippen molar-refractivity contribution in [1.29, 1.82) is 0 Å². The van der Waals surface area contributed by atoms with Crippen molar-refractivity contribution < 1.29 is 13.6 Å². The summed E-state index contributed by atoms with van der Waals surface area (Å²) in [4.78, 5) is 18.8. The molecule has 2 fully saturated rings. The highest BCUT2D eigenvalue weighted by Gasteiger charge is 2.42. The van der Waals surface area contributed by atoms with E-state index in [1.807, 2.05) is 23.1 Å². The summed E-state index contributed by atoms with van der Waals surface area (Å²) in [6.07, 6.45) is 4.77. The predicted octanol–water partition coefficient (Wildman–Crippen LogP) is 5.10. The minimum Gasteiger partial charge on any atom is -0.343 e. The van der Waals surface area contributed by atoms with Gasteiger partial charge in [-0.2, -0.15) is 0 Å². The SMILES string of the molecule is Cl.O=C1CCCCN1CCCN1CC[C@@H]2[C@@H](C1)c1cc(F)ccc1N2c1ccc(F)cc1. The second-order valence-electron chi connectivity index (χ2n) is 9.00. The quantitative estimate of drug-likeness (QED) is 0.620. The minimum absolute atomic E-state index is 0. The zero-order chi connectivity index (χ0) is 21.4. The number of fused-ring (bicyclic) bond motifs is 3. The van der Waals surface area contributed by atoms with Gasteiger partial charge in [0, 0.05) is 55.9 Å². The Kier molecular flexibility index (Phi) is 7.01. The Labute approximate surface area is 194 Å². The van der Waals surface area contributed by atoms with Gasteiger partial charge in [-0.3, -0.25) is 4.79 Å². The number of anilines is 2. The Morgan fingerprint density at radius 1 is 0.938 bits per heavy atom. The van der Waals surface area contributed by atoms with Gasteiger partial charge in [-0.05, 0) is 80.3 Å². The van der Waals surface area contributed by atoms with Crippen LogP contribution in [0.3, 0.4) is 0 Å². The average Bonchev–Trinajstić information content (AvgIpc) is 3.09. The fourth-order valence-electron chi connectivity index (χ4n) is 5.56. The molecule has 3 heterocycles. The second-order valence-corrected chi connectivity index (χ2v) is 9.00. The van der Waals surface area contributed by atoms with Crippen molar-refractivity contribution in [3.63, 3.8) is 0 Å². The van der Waals surface area contributed by atoms with Gasteiger partial charge in [0.15, 0.2) is 0 Å². The molecular formula is C25H30ClF2N3O. The zero-order valence-corrected chi connectivity index (χ0v) is 19.0. The molecular weight excluding hydrogens is 432 g/mol. The maximum Gasteiger partial charge on any atom is 0.222 e. The molecule has 2 saturated heterocycles. The van der Waals surface area contributed by atoms with E-state index in [1.54, 1.807) is 6.07 Å². The number of hydrogen-bond acceptors (Lipinski definition) is 3. The van der Waals surface area contributed by atoms with Crippen molar-refractivity contribution >= 4 is 29.7 Å². The summed E-state index contributed by atoms with van der Waals surface area (Å²) in [5, 5.41) is 0. The molecule has 1 amide bonds. The minimum atomic E-state index is -0.249. The molecule has 3 aliphatic rings. The van der Waals surface area contributed by atoms with Crippen molar-refractivity contribution in [2.24, 2.45) is 0 Å². The molecule has 2 aromatic rings. The van der Waals surface area contributed by atoms with E-state index in [1.165, 1.54) is 18.2 Å².